The third-order valence-corrected chi connectivity index (χ3v) is 3.63. The Kier molecular flexibility index (Phi) is 9.90. The van der Waals surface area contributed by atoms with Crippen LogP contribution in [0.2, 0.25) is 0 Å². The molecule has 0 aromatic carbocycles. The van der Waals surface area contributed by atoms with Gasteiger partial charge in [-0.3, -0.25) is 20.2 Å². The fourth-order valence-corrected chi connectivity index (χ4v) is 2.31. The first-order chi connectivity index (χ1) is 15.6. The lowest BCUT2D eigenvalue weighted by atomic mass is 10.2. The topological polar surface area (TPSA) is 175 Å². The van der Waals surface area contributed by atoms with Crippen molar-refractivity contribution in [3.63, 3.8) is 0 Å². The van der Waals surface area contributed by atoms with E-state index in [1.165, 1.54) is 10.6 Å². The quantitative estimate of drug-likeness (QED) is 0.202. The molecule has 0 aliphatic rings. The first-order valence-electron chi connectivity index (χ1n) is 10.5. The molecule has 0 spiro atoms. The number of nitrogens with zero attached hydrogens (tertiary/aromatic N) is 2. The Labute approximate surface area is 198 Å². The van der Waals surface area contributed by atoms with Crippen molar-refractivity contribution >= 4 is 29.7 Å². The van der Waals surface area contributed by atoms with Gasteiger partial charge in [0.15, 0.2) is 0 Å². The first kappa shape index (κ1) is 28.3. The minimum Gasteiger partial charge on any atom is -0.444 e. The normalized spacial score (nSPS) is 11.1. The minimum absolute atomic E-state index is 0.0323. The maximum Gasteiger partial charge on any atom is 0.414 e. The van der Waals surface area contributed by atoms with E-state index in [9.17, 15) is 19.2 Å². The van der Waals surface area contributed by atoms with E-state index in [1.807, 2.05) is 0 Å². The van der Waals surface area contributed by atoms with E-state index in [0.29, 0.717) is 5.69 Å². The number of aryl methyl sites for hydroxylation is 1. The van der Waals surface area contributed by atoms with E-state index >= 15 is 0 Å². The number of nitrogen functional groups attached to an aromatic ring is 1. The summed E-state index contributed by atoms with van der Waals surface area (Å²) in [6.07, 6.45) is -1.75. The molecule has 3 amide bonds. The second-order valence-corrected chi connectivity index (χ2v) is 9.20. The lowest BCUT2D eigenvalue weighted by molar-refractivity contribution is -0.122. The molecule has 0 aliphatic carbocycles. The zero-order valence-corrected chi connectivity index (χ0v) is 20.6. The molecule has 0 aliphatic heterocycles. The van der Waals surface area contributed by atoms with Crippen LogP contribution < -0.4 is 27.2 Å². The van der Waals surface area contributed by atoms with E-state index in [-0.39, 0.29) is 31.3 Å². The van der Waals surface area contributed by atoms with E-state index < -0.39 is 34.9 Å². The highest BCUT2D eigenvalue weighted by atomic mass is 16.6. The van der Waals surface area contributed by atoms with Crippen molar-refractivity contribution in [2.24, 2.45) is 5.16 Å². The molecular weight excluding hydrogens is 448 g/mol. The van der Waals surface area contributed by atoms with Gasteiger partial charge >= 0.3 is 12.2 Å². The molecule has 0 bridgehead atoms. The van der Waals surface area contributed by atoms with Crippen LogP contribution in [0.1, 0.15) is 47.2 Å². The summed E-state index contributed by atoms with van der Waals surface area (Å²) in [7, 11) is 0. The summed E-state index contributed by atoms with van der Waals surface area (Å²) in [4.78, 5) is 53.3. The summed E-state index contributed by atoms with van der Waals surface area (Å²) >= 11 is 0. The van der Waals surface area contributed by atoms with Crippen molar-refractivity contribution in [3.8, 4) is 0 Å². The number of guanidine groups is 1. The molecule has 13 heteroatoms. The van der Waals surface area contributed by atoms with Crippen LogP contribution >= 0.6 is 0 Å². The average Bonchev–Trinajstić information content (AvgIpc) is 2.64. The number of oxime groups is 1. The lowest BCUT2D eigenvalue weighted by Crippen LogP contribution is -2.47. The van der Waals surface area contributed by atoms with Crippen molar-refractivity contribution in [1.82, 2.24) is 20.5 Å². The van der Waals surface area contributed by atoms with Crippen LogP contribution in [-0.4, -0.2) is 53.0 Å². The van der Waals surface area contributed by atoms with Gasteiger partial charge in [-0.15, -0.1) is 0 Å². The fraction of sp³-hybridized carbons (Fsp3) is 0.571. The predicted molar refractivity (Wildman–Crippen MR) is 125 cm³/mol. The second kappa shape index (κ2) is 11.9. The number of ether oxygens (including phenoxy) is 2. The van der Waals surface area contributed by atoms with Gasteiger partial charge in [0.1, 0.15) is 24.4 Å². The highest BCUT2D eigenvalue weighted by molar-refractivity contribution is 6.01. The Bertz CT molecular complexity index is 941. The van der Waals surface area contributed by atoms with Crippen LogP contribution in [-0.2, 0) is 25.7 Å². The number of anilines is 1. The molecule has 1 rings (SSSR count). The molecule has 1 aromatic rings. The SMILES string of the molecule is Cc1ccc(N)c(=O)n1CC(=O)NCCON=C(NC(=O)OC(C)(C)C)NC(=O)OC(C)(C)C. The molecule has 190 valence electrons. The fourth-order valence-electron chi connectivity index (χ4n) is 2.31. The molecule has 1 heterocycles. The Morgan fingerprint density at radius 2 is 1.53 bits per heavy atom. The summed E-state index contributed by atoms with van der Waals surface area (Å²) < 4.78 is 11.5. The van der Waals surface area contributed by atoms with Crippen LogP contribution in [0.3, 0.4) is 0 Å². The molecule has 34 heavy (non-hydrogen) atoms. The minimum atomic E-state index is -0.873. The molecule has 0 saturated heterocycles. The number of hydrogen-bond donors (Lipinski definition) is 4. The molecule has 0 fully saturated rings. The van der Waals surface area contributed by atoms with Crippen LogP contribution in [0.5, 0.6) is 0 Å². The van der Waals surface area contributed by atoms with E-state index in [1.54, 1.807) is 54.5 Å². The number of nitrogens with one attached hydrogen (secondary N) is 3. The van der Waals surface area contributed by atoms with E-state index in [4.69, 9.17) is 20.0 Å². The zero-order chi connectivity index (χ0) is 26.1. The van der Waals surface area contributed by atoms with Crippen molar-refractivity contribution in [1.29, 1.82) is 0 Å². The van der Waals surface area contributed by atoms with Crippen molar-refractivity contribution in [3.05, 3.63) is 28.2 Å². The van der Waals surface area contributed by atoms with Crippen LogP contribution in [0, 0.1) is 6.92 Å². The van der Waals surface area contributed by atoms with Gasteiger partial charge < -0.3 is 29.9 Å². The molecule has 0 unspecified atom stereocenters. The summed E-state index contributed by atoms with van der Waals surface area (Å²) in [5, 5.41) is 10.7. The molecule has 1 aromatic heterocycles. The van der Waals surface area contributed by atoms with Crippen LogP contribution in [0.25, 0.3) is 0 Å². The Balaban J connectivity index is 2.66. The van der Waals surface area contributed by atoms with Crippen LogP contribution in [0.15, 0.2) is 22.1 Å². The Hall–Kier alpha value is -3.77. The van der Waals surface area contributed by atoms with E-state index in [0.717, 1.165) is 0 Å². The number of nitrogens with two attached hydrogens (primary N) is 1. The van der Waals surface area contributed by atoms with Gasteiger partial charge in [0.2, 0.25) is 5.91 Å². The van der Waals surface area contributed by atoms with Crippen molar-refractivity contribution in [2.45, 2.75) is 66.2 Å². The lowest BCUT2D eigenvalue weighted by Gasteiger charge is -2.21. The Morgan fingerprint density at radius 1 is 1.00 bits per heavy atom. The average molecular weight is 483 g/mol. The Morgan fingerprint density at radius 3 is 2.03 bits per heavy atom. The van der Waals surface area contributed by atoms with Gasteiger partial charge in [0.25, 0.3) is 11.5 Å². The third-order valence-electron chi connectivity index (χ3n) is 3.63. The van der Waals surface area contributed by atoms with Gasteiger partial charge in [0.05, 0.1) is 12.2 Å². The monoisotopic (exact) mass is 482 g/mol. The number of rotatable bonds is 6. The number of amides is 3. The summed E-state index contributed by atoms with van der Waals surface area (Å²) in [5.74, 6) is -0.806. The van der Waals surface area contributed by atoms with Crippen LogP contribution in [0.4, 0.5) is 15.3 Å². The molecule has 0 radical (unpaired) electrons. The van der Waals surface area contributed by atoms with Crippen molar-refractivity contribution in [2.75, 3.05) is 18.9 Å². The van der Waals surface area contributed by atoms with Gasteiger partial charge in [-0.25, -0.2) is 9.59 Å². The molecule has 5 N–H and O–H groups in total. The smallest absolute Gasteiger partial charge is 0.414 e. The first-order valence-corrected chi connectivity index (χ1v) is 10.5. The summed E-state index contributed by atoms with van der Waals surface area (Å²) in [6, 6.07) is 3.12. The van der Waals surface area contributed by atoms with E-state index in [2.05, 4.69) is 21.1 Å². The predicted octanol–water partition coefficient (Wildman–Crippen LogP) is 1.19. The maximum atomic E-state index is 12.1. The largest absolute Gasteiger partial charge is 0.444 e. The van der Waals surface area contributed by atoms with Gasteiger partial charge in [-0.1, -0.05) is 0 Å². The summed E-state index contributed by atoms with van der Waals surface area (Å²) in [6.45, 7) is 11.4. The summed E-state index contributed by atoms with van der Waals surface area (Å²) in [5.41, 5.74) is 4.20. The van der Waals surface area contributed by atoms with Crippen molar-refractivity contribution < 1.29 is 28.7 Å². The molecule has 0 saturated carbocycles. The van der Waals surface area contributed by atoms with Gasteiger partial charge in [-0.2, -0.15) is 0 Å². The number of carbonyl (C=O) groups is 3. The highest BCUT2D eigenvalue weighted by Gasteiger charge is 2.21. The third kappa shape index (κ3) is 11.2. The number of hydrogen-bond acceptors (Lipinski definition) is 9. The molecule has 0 atom stereocenters. The maximum absolute atomic E-state index is 12.1. The standard InChI is InChI=1S/C21H34N6O7/c1-13-8-9-14(22)16(29)27(13)12-15(28)23-10-11-32-26-17(24-18(30)33-20(2,3)4)25-19(31)34-21(5,6)7/h8-9H,10-12,22H2,1-7H3,(H,23,28)(H2,24,25,26,30,31). The molecular formula is C21H34N6O7. The highest BCUT2D eigenvalue weighted by Crippen LogP contribution is 2.07. The number of carbonyl (C=O) groups excluding carboxylic acids is 3. The van der Waals surface area contributed by atoms with Gasteiger partial charge in [0, 0.05) is 5.69 Å². The van der Waals surface area contributed by atoms with Gasteiger partial charge in [-0.05, 0) is 65.8 Å². The number of alkyl carbamates (subject to hydrolysis) is 2. The molecule has 13 nitrogen and oxygen atoms in total. The second-order valence-electron chi connectivity index (χ2n) is 9.20. The number of pyridine rings is 1. The number of aromatic nitrogens is 1. The zero-order valence-electron chi connectivity index (χ0n) is 20.6.